The first-order valence-corrected chi connectivity index (χ1v) is 7.19. The Labute approximate surface area is 116 Å². The van der Waals surface area contributed by atoms with Crippen molar-refractivity contribution in [1.29, 1.82) is 0 Å². The molecule has 1 unspecified atom stereocenters. The number of hydrogen-bond donors (Lipinski definition) is 3. The molecule has 0 aliphatic heterocycles. The van der Waals surface area contributed by atoms with Crippen molar-refractivity contribution in [3.05, 3.63) is 0 Å². The van der Waals surface area contributed by atoms with Crippen LogP contribution in [-0.4, -0.2) is 29.2 Å². The second-order valence-electron chi connectivity index (χ2n) is 5.10. The third-order valence-corrected chi connectivity index (χ3v) is 3.93. The van der Waals surface area contributed by atoms with Crippen molar-refractivity contribution >= 4 is 12.0 Å². The van der Waals surface area contributed by atoms with Crippen LogP contribution in [0, 0.1) is 5.92 Å². The van der Waals surface area contributed by atoms with Crippen molar-refractivity contribution in [2.45, 2.75) is 65.3 Å². The molecule has 0 aliphatic rings. The van der Waals surface area contributed by atoms with E-state index in [1.54, 1.807) is 6.92 Å². The third kappa shape index (κ3) is 6.45. The molecule has 1 atom stereocenters. The van der Waals surface area contributed by atoms with E-state index >= 15 is 0 Å². The van der Waals surface area contributed by atoms with Gasteiger partial charge in [0.15, 0.2) is 0 Å². The van der Waals surface area contributed by atoms with Crippen LogP contribution in [-0.2, 0) is 4.79 Å². The van der Waals surface area contributed by atoms with E-state index in [4.69, 9.17) is 5.11 Å². The molecule has 5 heteroatoms. The number of urea groups is 1. The van der Waals surface area contributed by atoms with Crippen LogP contribution < -0.4 is 10.6 Å². The number of amides is 2. The fraction of sp³-hybridized carbons (Fsp3) is 0.857. The fourth-order valence-corrected chi connectivity index (χ4v) is 2.03. The largest absolute Gasteiger partial charge is 0.481 e. The van der Waals surface area contributed by atoms with Crippen molar-refractivity contribution < 1.29 is 14.7 Å². The standard InChI is InChI=1S/C14H28N2O3/c1-5-14(6-2,7-3)16-13(19)15-10-8-9-11(4)12(17)18/h11H,5-10H2,1-4H3,(H,17,18)(H2,15,16,19). The Balaban J connectivity index is 3.96. The molecule has 19 heavy (non-hydrogen) atoms. The molecule has 5 nitrogen and oxygen atoms in total. The van der Waals surface area contributed by atoms with Gasteiger partial charge in [-0.05, 0) is 32.1 Å². The summed E-state index contributed by atoms with van der Waals surface area (Å²) in [5.41, 5.74) is -0.127. The second kappa shape index (κ2) is 8.77. The Morgan fingerprint density at radius 3 is 2.11 bits per heavy atom. The van der Waals surface area contributed by atoms with Gasteiger partial charge in [-0.3, -0.25) is 4.79 Å². The van der Waals surface area contributed by atoms with E-state index in [2.05, 4.69) is 31.4 Å². The van der Waals surface area contributed by atoms with Gasteiger partial charge in [-0.25, -0.2) is 4.79 Å². The second-order valence-corrected chi connectivity index (χ2v) is 5.10. The average Bonchev–Trinajstić information content (AvgIpc) is 2.40. The summed E-state index contributed by atoms with van der Waals surface area (Å²) in [5, 5.41) is 14.6. The van der Waals surface area contributed by atoms with Crippen LogP contribution >= 0.6 is 0 Å². The highest BCUT2D eigenvalue weighted by Crippen LogP contribution is 2.18. The van der Waals surface area contributed by atoms with Crippen LogP contribution in [0.5, 0.6) is 0 Å². The van der Waals surface area contributed by atoms with E-state index in [-0.39, 0.29) is 17.5 Å². The van der Waals surface area contributed by atoms with Crippen LogP contribution in [0.1, 0.15) is 59.8 Å². The lowest BCUT2D eigenvalue weighted by molar-refractivity contribution is -0.141. The van der Waals surface area contributed by atoms with Crippen LogP contribution in [0.25, 0.3) is 0 Å². The van der Waals surface area contributed by atoms with Crippen LogP contribution in [0.2, 0.25) is 0 Å². The molecule has 3 N–H and O–H groups in total. The van der Waals surface area contributed by atoms with Gasteiger partial charge in [0.05, 0.1) is 5.92 Å². The van der Waals surface area contributed by atoms with Crippen molar-refractivity contribution in [3.8, 4) is 0 Å². The first-order chi connectivity index (χ1) is 8.90. The Morgan fingerprint density at radius 2 is 1.68 bits per heavy atom. The summed E-state index contributed by atoms with van der Waals surface area (Å²) in [6, 6.07) is -0.159. The van der Waals surface area contributed by atoms with E-state index in [1.807, 2.05) is 0 Å². The van der Waals surface area contributed by atoms with E-state index in [0.29, 0.717) is 19.4 Å². The van der Waals surface area contributed by atoms with Gasteiger partial charge in [0.25, 0.3) is 0 Å². The molecule has 0 rings (SSSR count). The minimum absolute atomic E-state index is 0.127. The molecule has 0 aromatic carbocycles. The molecule has 0 saturated heterocycles. The zero-order valence-electron chi connectivity index (χ0n) is 12.6. The molecule has 112 valence electrons. The molecule has 0 aliphatic carbocycles. The topological polar surface area (TPSA) is 78.4 Å². The normalized spacial score (nSPS) is 12.8. The van der Waals surface area contributed by atoms with Gasteiger partial charge in [-0.15, -0.1) is 0 Å². The minimum Gasteiger partial charge on any atom is -0.481 e. The van der Waals surface area contributed by atoms with Crippen LogP contribution in [0.4, 0.5) is 4.79 Å². The fourth-order valence-electron chi connectivity index (χ4n) is 2.03. The molecule has 0 heterocycles. The summed E-state index contributed by atoms with van der Waals surface area (Å²) >= 11 is 0. The van der Waals surface area contributed by atoms with E-state index in [1.165, 1.54) is 0 Å². The van der Waals surface area contributed by atoms with Crippen molar-refractivity contribution in [1.82, 2.24) is 10.6 Å². The predicted molar refractivity (Wildman–Crippen MR) is 76.2 cm³/mol. The lowest BCUT2D eigenvalue weighted by Crippen LogP contribution is -2.51. The number of carboxylic acids is 1. The smallest absolute Gasteiger partial charge is 0.315 e. The summed E-state index contributed by atoms with van der Waals surface area (Å²) in [6.07, 6.45) is 3.98. The van der Waals surface area contributed by atoms with Crippen molar-refractivity contribution in [2.75, 3.05) is 6.54 Å². The van der Waals surface area contributed by atoms with Gasteiger partial charge in [0, 0.05) is 12.1 Å². The summed E-state index contributed by atoms with van der Waals surface area (Å²) in [4.78, 5) is 22.4. The molecule has 0 aromatic heterocycles. The van der Waals surface area contributed by atoms with E-state index < -0.39 is 5.97 Å². The number of nitrogens with one attached hydrogen (secondary N) is 2. The highest BCUT2D eigenvalue weighted by Gasteiger charge is 2.25. The number of carboxylic acid groups (broad SMARTS) is 1. The summed E-state index contributed by atoms with van der Waals surface area (Å²) in [7, 11) is 0. The lowest BCUT2D eigenvalue weighted by atomic mass is 9.90. The van der Waals surface area contributed by atoms with Gasteiger partial charge in [0.2, 0.25) is 0 Å². The maximum Gasteiger partial charge on any atom is 0.315 e. The molecule has 0 radical (unpaired) electrons. The monoisotopic (exact) mass is 272 g/mol. The predicted octanol–water partition coefficient (Wildman–Crippen LogP) is 2.76. The molecular weight excluding hydrogens is 244 g/mol. The van der Waals surface area contributed by atoms with Gasteiger partial charge in [-0.2, -0.15) is 0 Å². The number of carbonyl (C=O) groups is 2. The Kier molecular flexibility index (Phi) is 8.19. The molecule has 0 bridgehead atoms. The molecule has 2 amide bonds. The van der Waals surface area contributed by atoms with Crippen molar-refractivity contribution in [2.24, 2.45) is 5.92 Å². The molecule has 0 fully saturated rings. The van der Waals surface area contributed by atoms with Gasteiger partial charge >= 0.3 is 12.0 Å². The molecular formula is C14H28N2O3. The maximum absolute atomic E-state index is 11.8. The number of carbonyl (C=O) groups excluding carboxylic acids is 1. The molecule has 0 saturated carbocycles. The highest BCUT2D eigenvalue weighted by molar-refractivity contribution is 5.74. The third-order valence-electron chi connectivity index (χ3n) is 3.93. The first-order valence-electron chi connectivity index (χ1n) is 7.19. The number of aliphatic carboxylic acids is 1. The summed E-state index contributed by atoms with van der Waals surface area (Å²) < 4.78 is 0. The minimum atomic E-state index is -0.786. The zero-order valence-corrected chi connectivity index (χ0v) is 12.6. The Bertz CT molecular complexity index is 280. The zero-order chi connectivity index (χ0) is 14.9. The quantitative estimate of drug-likeness (QED) is 0.565. The number of hydrogen-bond acceptors (Lipinski definition) is 2. The first kappa shape index (κ1) is 17.7. The summed E-state index contributed by atoms with van der Waals surface area (Å²) in [5.74, 6) is -1.14. The Hall–Kier alpha value is -1.26. The average molecular weight is 272 g/mol. The van der Waals surface area contributed by atoms with Crippen LogP contribution in [0.3, 0.4) is 0 Å². The van der Waals surface area contributed by atoms with Gasteiger partial charge in [-0.1, -0.05) is 27.7 Å². The molecule has 0 spiro atoms. The number of rotatable bonds is 9. The maximum atomic E-state index is 11.8. The van der Waals surface area contributed by atoms with Crippen molar-refractivity contribution in [3.63, 3.8) is 0 Å². The van der Waals surface area contributed by atoms with Crippen LogP contribution in [0.15, 0.2) is 0 Å². The lowest BCUT2D eigenvalue weighted by Gasteiger charge is -2.31. The van der Waals surface area contributed by atoms with E-state index in [9.17, 15) is 9.59 Å². The van der Waals surface area contributed by atoms with E-state index in [0.717, 1.165) is 19.3 Å². The molecule has 0 aromatic rings. The Morgan fingerprint density at radius 1 is 1.16 bits per heavy atom. The van der Waals surface area contributed by atoms with Gasteiger partial charge < -0.3 is 15.7 Å². The van der Waals surface area contributed by atoms with Gasteiger partial charge in [0.1, 0.15) is 0 Å². The SMILES string of the molecule is CCC(CC)(CC)NC(=O)NCCCC(C)C(=O)O. The highest BCUT2D eigenvalue weighted by atomic mass is 16.4. The summed E-state index contributed by atoms with van der Waals surface area (Å²) in [6.45, 7) is 8.40.